The molecule has 0 bridgehead atoms. The van der Waals surface area contributed by atoms with E-state index in [1.165, 1.54) is 5.56 Å². The van der Waals surface area contributed by atoms with Crippen LogP contribution >= 0.6 is 15.9 Å². The highest BCUT2D eigenvalue weighted by molar-refractivity contribution is 9.10. The van der Waals surface area contributed by atoms with Crippen LogP contribution in [0, 0.1) is 0 Å². The lowest BCUT2D eigenvalue weighted by atomic mass is 9.66. The van der Waals surface area contributed by atoms with E-state index in [1.807, 2.05) is 36.4 Å². The van der Waals surface area contributed by atoms with Gasteiger partial charge >= 0.3 is 0 Å². The van der Waals surface area contributed by atoms with E-state index >= 15 is 0 Å². The molecule has 108 valence electrons. The third-order valence-electron chi connectivity index (χ3n) is 4.36. The van der Waals surface area contributed by atoms with Crippen LogP contribution in [0.2, 0.25) is 0 Å². The first-order chi connectivity index (χ1) is 9.92. The molecule has 0 fully saturated rings. The highest BCUT2D eigenvalue weighted by Crippen LogP contribution is 2.46. The second-order valence-corrected chi connectivity index (χ2v) is 8.08. The SMILES string of the molecule is CC1(C)C[C@@](Br)(Cc2ccccc2)C(=O)c2ccccc21. The van der Waals surface area contributed by atoms with Crippen LogP contribution < -0.4 is 0 Å². The lowest BCUT2D eigenvalue weighted by molar-refractivity contribution is 0.0908. The molecule has 2 heteroatoms. The van der Waals surface area contributed by atoms with Crippen molar-refractivity contribution in [3.05, 3.63) is 71.3 Å². The molecule has 1 nitrogen and oxygen atoms in total. The summed E-state index contributed by atoms with van der Waals surface area (Å²) in [5.41, 5.74) is 3.21. The summed E-state index contributed by atoms with van der Waals surface area (Å²) in [6.07, 6.45) is 1.54. The van der Waals surface area contributed by atoms with Gasteiger partial charge in [-0.3, -0.25) is 4.79 Å². The Morgan fingerprint density at radius 1 is 1.00 bits per heavy atom. The maximum Gasteiger partial charge on any atom is 0.180 e. The topological polar surface area (TPSA) is 17.1 Å². The van der Waals surface area contributed by atoms with Gasteiger partial charge in [0.05, 0.1) is 4.32 Å². The zero-order valence-electron chi connectivity index (χ0n) is 12.4. The van der Waals surface area contributed by atoms with Crippen LogP contribution in [0.5, 0.6) is 0 Å². The first-order valence-corrected chi connectivity index (χ1v) is 8.09. The fraction of sp³-hybridized carbons (Fsp3) is 0.316. The van der Waals surface area contributed by atoms with E-state index in [0.717, 1.165) is 24.0 Å². The van der Waals surface area contributed by atoms with Crippen LogP contribution in [0.3, 0.4) is 0 Å². The maximum absolute atomic E-state index is 13.0. The zero-order valence-corrected chi connectivity index (χ0v) is 14.0. The molecule has 0 N–H and O–H groups in total. The highest BCUT2D eigenvalue weighted by Gasteiger charge is 2.47. The second kappa shape index (κ2) is 5.10. The molecule has 1 aliphatic carbocycles. The third-order valence-corrected chi connectivity index (χ3v) is 5.28. The molecule has 21 heavy (non-hydrogen) atoms. The third kappa shape index (κ3) is 2.57. The first-order valence-electron chi connectivity index (χ1n) is 7.30. The molecule has 0 heterocycles. The van der Waals surface area contributed by atoms with Crippen LogP contribution in [0.15, 0.2) is 54.6 Å². The number of alkyl halides is 1. The summed E-state index contributed by atoms with van der Waals surface area (Å²) in [5.74, 6) is 0.210. The normalized spacial score (nSPS) is 23.7. The molecule has 3 rings (SSSR count). The quantitative estimate of drug-likeness (QED) is 0.707. The van der Waals surface area contributed by atoms with E-state index in [0.29, 0.717) is 0 Å². The second-order valence-electron chi connectivity index (χ2n) is 6.56. The summed E-state index contributed by atoms with van der Waals surface area (Å²) in [6.45, 7) is 4.44. The lowest BCUT2D eigenvalue weighted by Crippen LogP contribution is -2.46. The number of ketones is 1. The van der Waals surface area contributed by atoms with Gasteiger partial charge in [-0.1, -0.05) is 84.4 Å². The van der Waals surface area contributed by atoms with Gasteiger partial charge in [0.15, 0.2) is 5.78 Å². The van der Waals surface area contributed by atoms with E-state index in [9.17, 15) is 4.79 Å². The maximum atomic E-state index is 13.0. The Bertz CT molecular complexity index is 675. The fourth-order valence-corrected chi connectivity index (χ4v) is 4.69. The van der Waals surface area contributed by atoms with Crippen LogP contribution in [0.25, 0.3) is 0 Å². The van der Waals surface area contributed by atoms with E-state index in [-0.39, 0.29) is 11.2 Å². The molecule has 0 aliphatic heterocycles. The molecule has 0 aromatic heterocycles. The van der Waals surface area contributed by atoms with Gasteiger partial charge in [0.1, 0.15) is 0 Å². The number of rotatable bonds is 2. The average Bonchev–Trinajstić information content (AvgIpc) is 2.46. The number of Topliss-reactive ketones (excluding diaryl/α,β-unsaturated/α-hetero) is 1. The highest BCUT2D eigenvalue weighted by atomic mass is 79.9. The molecule has 0 amide bonds. The predicted octanol–water partition coefficient (Wildman–Crippen LogP) is 4.93. The summed E-state index contributed by atoms with van der Waals surface area (Å²) in [7, 11) is 0. The fourth-order valence-electron chi connectivity index (χ4n) is 3.45. The largest absolute Gasteiger partial charge is 0.293 e. The number of hydrogen-bond acceptors (Lipinski definition) is 1. The van der Waals surface area contributed by atoms with E-state index in [1.54, 1.807) is 0 Å². The minimum absolute atomic E-state index is 0.0111. The van der Waals surface area contributed by atoms with Crippen LogP contribution in [-0.4, -0.2) is 10.1 Å². The molecular weight excluding hydrogens is 324 g/mol. The van der Waals surface area contributed by atoms with Gasteiger partial charge in [0, 0.05) is 5.56 Å². The Morgan fingerprint density at radius 3 is 2.33 bits per heavy atom. The minimum atomic E-state index is -0.508. The number of hydrogen-bond donors (Lipinski definition) is 0. The molecule has 0 saturated heterocycles. The van der Waals surface area contributed by atoms with Crippen molar-refractivity contribution in [3.8, 4) is 0 Å². The van der Waals surface area contributed by atoms with Gasteiger partial charge in [-0.15, -0.1) is 0 Å². The van der Waals surface area contributed by atoms with Crippen molar-refractivity contribution in [2.24, 2.45) is 0 Å². The standard InChI is InChI=1S/C19H19BrO/c1-18(2)13-19(20,12-14-8-4-3-5-9-14)17(21)15-10-6-7-11-16(15)18/h3-11H,12-13H2,1-2H3/t19-/m0/s1. The number of carbonyl (C=O) groups is 1. The molecular formula is C19H19BrO. The predicted molar refractivity (Wildman–Crippen MR) is 90.2 cm³/mol. The van der Waals surface area contributed by atoms with Crippen molar-refractivity contribution in [2.75, 3.05) is 0 Å². The lowest BCUT2D eigenvalue weighted by Gasteiger charge is -2.41. The smallest absolute Gasteiger partial charge is 0.180 e. The molecule has 0 radical (unpaired) electrons. The van der Waals surface area contributed by atoms with Crippen molar-refractivity contribution >= 4 is 21.7 Å². The van der Waals surface area contributed by atoms with Crippen molar-refractivity contribution in [2.45, 2.75) is 36.4 Å². The molecule has 2 aromatic rings. The summed E-state index contributed by atoms with van der Waals surface area (Å²) >= 11 is 3.79. The number of fused-ring (bicyclic) bond motifs is 1. The van der Waals surface area contributed by atoms with E-state index < -0.39 is 4.32 Å². The Kier molecular flexibility index (Phi) is 3.53. The number of halogens is 1. The Hall–Kier alpha value is -1.41. The summed E-state index contributed by atoms with van der Waals surface area (Å²) in [4.78, 5) is 13.0. The van der Waals surface area contributed by atoms with Crippen LogP contribution in [0.1, 0.15) is 41.8 Å². The van der Waals surface area contributed by atoms with E-state index in [2.05, 4.69) is 48.0 Å². The Balaban J connectivity index is 2.04. The first kappa shape index (κ1) is 14.5. The van der Waals surface area contributed by atoms with Crippen molar-refractivity contribution in [1.29, 1.82) is 0 Å². The van der Waals surface area contributed by atoms with Crippen molar-refractivity contribution in [1.82, 2.24) is 0 Å². The zero-order chi connectivity index (χ0) is 15.1. The molecule has 1 atom stereocenters. The monoisotopic (exact) mass is 342 g/mol. The van der Waals surface area contributed by atoms with Gasteiger partial charge in [-0.05, 0) is 29.4 Å². The number of carbonyl (C=O) groups excluding carboxylic acids is 1. The van der Waals surface area contributed by atoms with E-state index in [4.69, 9.17) is 0 Å². The Labute approximate surface area is 134 Å². The van der Waals surface area contributed by atoms with Crippen molar-refractivity contribution < 1.29 is 4.79 Å². The Morgan fingerprint density at radius 2 is 1.62 bits per heavy atom. The summed E-state index contributed by atoms with van der Waals surface area (Å²) in [6, 6.07) is 18.2. The molecule has 0 unspecified atom stereocenters. The molecule has 2 aromatic carbocycles. The average molecular weight is 343 g/mol. The molecule has 1 aliphatic rings. The van der Waals surface area contributed by atoms with Gasteiger partial charge < -0.3 is 0 Å². The summed E-state index contributed by atoms with van der Waals surface area (Å²) in [5, 5.41) is 0. The van der Waals surface area contributed by atoms with Crippen LogP contribution in [-0.2, 0) is 11.8 Å². The van der Waals surface area contributed by atoms with Gasteiger partial charge in [-0.25, -0.2) is 0 Å². The van der Waals surface area contributed by atoms with Crippen LogP contribution in [0.4, 0.5) is 0 Å². The van der Waals surface area contributed by atoms with Crippen molar-refractivity contribution in [3.63, 3.8) is 0 Å². The van der Waals surface area contributed by atoms with Gasteiger partial charge in [-0.2, -0.15) is 0 Å². The molecule has 0 spiro atoms. The molecule has 0 saturated carbocycles. The summed E-state index contributed by atoms with van der Waals surface area (Å²) < 4.78 is -0.508. The van der Waals surface area contributed by atoms with Gasteiger partial charge in [0.25, 0.3) is 0 Å². The minimum Gasteiger partial charge on any atom is -0.293 e. The van der Waals surface area contributed by atoms with Gasteiger partial charge in [0.2, 0.25) is 0 Å². The number of benzene rings is 2.